The smallest absolute Gasteiger partial charge is 0.329 e. The monoisotopic (exact) mass is 256 g/mol. The van der Waals surface area contributed by atoms with E-state index in [2.05, 4.69) is 5.32 Å². The number of hydrogen-bond acceptors (Lipinski definition) is 3. The van der Waals surface area contributed by atoms with E-state index in [9.17, 15) is 14.7 Å². The van der Waals surface area contributed by atoms with Crippen LogP contribution in [0.3, 0.4) is 0 Å². The summed E-state index contributed by atoms with van der Waals surface area (Å²) in [5.41, 5.74) is -0.959. The second-order valence-electron chi connectivity index (χ2n) is 4.91. The molecule has 0 saturated carbocycles. The van der Waals surface area contributed by atoms with Crippen LogP contribution in [0.4, 0.5) is 0 Å². The van der Waals surface area contributed by atoms with Gasteiger partial charge in [0.1, 0.15) is 5.54 Å². The molecule has 0 aromatic rings. The first-order chi connectivity index (χ1) is 8.58. The van der Waals surface area contributed by atoms with Gasteiger partial charge in [0.15, 0.2) is 0 Å². The zero-order valence-electron chi connectivity index (χ0n) is 11.4. The molecule has 2 N–H and O–H groups in total. The van der Waals surface area contributed by atoms with Crippen LogP contribution >= 0.6 is 0 Å². The molecule has 5 heteroatoms. The van der Waals surface area contributed by atoms with Crippen LogP contribution in [0.2, 0.25) is 0 Å². The van der Waals surface area contributed by atoms with E-state index in [1.807, 2.05) is 13.8 Å². The van der Waals surface area contributed by atoms with Gasteiger partial charge < -0.3 is 15.3 Å². The Hall–Kier alpha value is -1.10. The van der Waals surface area contributed by atoms with Gasteiger partial charge in [0.2, 0.25) is 5.91 Å². The van der Waals surface area contributed by atoms with Crippen molar-refractivity contribution >= 4 is 11.9 Å². The third kappa shape index (κ3) is 3.02. The normalized spacial score (nSPS) is 23.3. The predicted molar refractivity (Wildman–Crippen MR) is 69.4 cm³/mol. The Bertz CT molecular complexity index is 307. The molecule has 1 aliphatic heterocycles. The van der Waals surface area contributed by atoms with Crippen molar-refractivity contribution in [2.45, 2.75) is 51.5 Å². The van der Waals surface area contributed by atoms with Crippen molar-refractivity contribution < 1.29 is 14.7 Å². The summed E-state index contributed by atoms with van der Waals surface area (Å²) >= 11 is 0. The number of carbonyl (C=O) groups is 2. The van der Waals surface area contributed by atoms with Crippen molar-refractivity contribution in [1.82, 2.24) is 10.2 Å². The van der Waals surface area contributed by atoms with Gasteiger partial charge in [-0.05, 0) is 32.2 Å². The Morgan fingerprint density at radius 1 is 1.33 bits per heavy atom. The topological polar surface area (TPSA) is 69.6 Å². The minimum atomic E-state index is -0.959. The number of aliphatic carboxylic acids is 1. The van der Waals surface area contributed by atoms with Gasteiger partial charge in [0.05, 0.1) is 6.54 Å². The molecule has 0 aliphatic carbocycles. The lowest BCUT2D eigenvalue weighted by molar-refractivity contribution is -0.156. The predicted octanol–water partition coefficient (Wildman–Crippen LogP) is 1.23. The molecule has 1 rings (SSSR count). The summed E-state index contributed by atoms with van der Waals surface area (Å²) in [6.07, 6.45) is 3.65. The zero-order chi connectivity index (χ0) is 13.6. The van der Waals surface area contributed by atoms with Crippen molar-refractivity contribution in [3.05, 3.63) is 0 Å². The third-order valence-corrected chi connectivity index (χ3v) is 3.55. The van der Waals surface area contributed by atoms with Crippen LogP contribution in [0.25, 0.3) is 0 Å². The van der Waals surface area contributed by atoms with Crippen LogP contribution in [0.5, 0.6) is 0 Å². The Morgan fingerprint density at radius 2 is 2.06 bits per heavy atom. The molecule has 18 heavy (non-hydrogen) atoms. The quantitative estimate of drug-likeness (QED) is 0.672. The molecule has 0 radical (unpaired) electrons. The van der Waals surface area contributed by atoms with Crippen LogP contribution in [-0.4, -0.2) is 47.1 Å². The molecule has 1 atom stereocenters. The summed E-state index contributed by atoms with van der Waals surface area (Å²) in [4.78, 5) is 25.2. The van der Waals surface area contributed by atoms with Crippen molar-refractivity contribution in [2.75, 3.05) is 19.6 Å². The molecule has 0 spiro atoms. The molecular weight excluding hydrogens is 232 g/mol. The molecule has 0 aromatic carbocycles. The Kier molecular flexibility index (Phi) is 5.59. The fourth-order valence-electron chi connectivity index (χ4n) is 2.71. The van der Waals surface area contributed by atoms with E-state index >= 15 is 0 Å². The van der Waals surface area contributed by atoms with Crippen molar-refractivity contribution in [3.63, 3.8) is 0 Å². The largest absolute Gasteiger partial charge is 0.479 e. The summed E-state index contributed by atoms with van der Waals surface area (Å²) in [6, 6.07) is 0. The molecule has 1 heterocycles. The number of likely N-dealkylation sites (tertiary alicyclic amines) is 1. The molecule has 1 saturated heterocycles. The van der Waals surface area contributed by atoms with Gasteiger partial charge in [-0.2, -0.15) is 0 Å². The van der Waals surface area contributed by atoms with Crippen LogP contribution in [0, 0.1) is 0 Å². The van der Waals surface area contributed by atoms with Gasteiger partial charge in [0.25, 0.3) is 0 Å². The number of carboxylic acids is 1. The molecule has 1 fully saturated rings. The highest BCUT2D eigenvalue weighted by atomic mass is 16.4. The maximum Gasteiger partial charge on any atom is 0.329 e. The number of nitrogens with zero attached hydrogens (tertiary/aromatic N) is 1. The van der Waals surface area contributed by atoms with E-state index in [0.717, 1.165) is 25.8 Å². The SMILES string of the molecule is CCCNCC(=O)N1CCCC1(CCC)C(=O)O. The average molecular weight is 256 g/mol. The van der Waals surface area contributed by atoms with Gasteiger partial charge >= 0.3 is 5.97 Å². The Morgan fingerprint density at radius 3 is 2.61 bits per heavy atom. The summed E-state index contributed by atoms with van der Waals surface area (Å²) in [6.45, 7) is 5.59. The summed E-state index contributed by atoms with van der Waals surface area (Å²) in [5.74, 6) is -0.942. The maximum absolute atomic E-state index is 12.1. The minimum Gasteiger partial charge on any atom is -0.479 e. The standard InChI is InChI=1S/C13H24N2O3/c1-3-6-13(12(17)18)7-5-9-15(13)11(16)10-14-8-4-2/h14H,3-10H2,1-2H3,(H,17,18). The molecule has 104 valence electrons. The lowest BCUT2D eigenvalue weighted by Crippen LogP contribution is -2.55. The first-order valence-electron chi connectivity index (χ1n) is 6.83. The minimum absolute atomic E-state index is 0.0863. The first kappa shape index (κ1) is 15.0. The average Bonchev–Trinajstić information content (AvgIpc) is 2.75. The second-order valence-corrected chi connectivity index (χ2v) is 4.91. The van der Waals surface area contributed by atoms with Crippen molar-refractivity contribution in [1.29, 1.82) is 0 Å². The summed E-state index contributed by atoms with van der Waals surface area (Å²) in [7, 11) is 0. The van der Waals surface area contributed by atoms with Gasteiger partial charge in [-0.3, -0.25) is 4.79 Å². The number of rotatable bonds is 7. The van der Waals surface area contributed by atoms with Crippen LogP contribution < -0.4 is 5.32 Å². The zero-order valence-corrected chi connectivity index (χ0v) is 11.4. The van der Waals surface area contributed by atoms with Gasteiger partial charge in [-0.15, -0.1) is 0 Å². The van der Waals surface area contributed by atoms with E-state index < -0.39 is 11.5 Å². The third-order valence-electron chi connectivity index (χ3n) is 3.55. The summed E-state index contributed by atoms with van der Waals surface area (Å²) in [5, 5.41) is 12.5. The van der Waals surface area contributed by atoms with Gasteiger partial charge in [0, 0.05) is 6.54 Å². The van der Waals surface area contributed by atoms with Crippen molar-refractivity contribution in [3.8, 4) is 0 Å². The highest BCUT2D eigenvalue weighted by molar-refractivity contribution is 5.88. The number of hydrogen-bond donors (Lipinski definition) is 2. The molecule has 1 unspecified atom stereocenters. The molecule has 0 bridgehead atoms. The van der Waals surface area contributed by atoms with E-state index in [1.54, 1.807) is 4.90 Å². The second kappa shape index (κ2) is 6.73. The van der Waals surface area contributed by atoms with Crippen molar-refractivity contribution in [2.24, 2.45) is 0 Å². The van der Waals surface area contributed by atoms with Gasteiger partial charge in [-0.25, -0.2) is 4.79 Å². The fraction of sp³-hybridized carbons (Fsp3) is 0.846. The number of nitrogens with one attached hydrogen (secondary N) is 1. The highest BCUT2D eigenvalue weighted by Gasteiger charge is 2.48. The van der Waals surface area contributed by atoms with E-state index in [4.69, 9.17) is 0 Å². The van der Waals surface area contributed by atoms with E-state index in [1.165, 1.54) is 0 Å². The Labute approximate surface area is 109 Å². The molecule has 1 aliphatic rings. The lowest BCUT2D eigenvalue weighted by atomic mass is 9.90. The van der Waals surface area contributed by atoms with Crippen LogP contribution in [0.15, 0.2) is 0 Å². The molecule has 1 amide bonds. The fourth-order valence-corrected chi connectivity index (χ4v) is 2.71. The number of amides is 1. The van der Waals surface area contributed by atoms with E-state index in [-0.39, 0.29) is 12.5 Å². The Balaban J connectivity index is 2.72. The highest BCUT2D eigenvalue weighted by Crippen LogP contribution is 2.33. The molecule has 0 aromatic heterocycles. The van der Waals surface area contributed by atoms with Crippen LogP contribution in [-0.2, 0) is 9.59 Å². The number of carboxylic acid groups (broad SMARTS) is 1. The lowest BCUT2D eigenvalue weighted by Gasteiger charge is -2.34. The van der Waals surface area contributed by atoms with Crippen LogP contribution in [0.1, 0.15) is 46.0 Å². The first-order valence-corrected chi connectivity index (χ1v) is 6.83. The summed E-state index contributed by atoms with van der Waals surface area (Å²) < 4.78 is 0. The maximum atomic E-state index is 12.1. The molecule has 5 nitrogen and oxygen atoms in total. The van der Waals surface area contributed by atoms with E-state index in [0.29, 0.717) is 19.4 Å². The van der Waals surface area contributed by atoms with Gasteiger partial charge in [-0.1, -0.05) is 20.3 Å². The molecular formula is C13H24N2O3. The number of carbonyl (C=O) groups excluding carboxylic acids is 1.